The highest BCUT2D eigenvalue weighted by molar-refractivity contribution is 6.35. The van der Waals surface area contributed by atoms with E-state index in [9.17, 15) is 9.59 Å². The summed E-state index contributed by atoms with van der Waals surface area (Å²) in [6, 6.07) is 12.1. The van der Waals surface area contributed by atoms with E-state index >= 15 is 0 Å². The Hall–Kier alpha value is -2.48. The fraction of sp³-hybridized carbons (Fsp3) is 0.200. The number of carbonyl (C=O) groups is 2. The van der Waals surface area contributed by atoms with Crippen LogP contribution in [-0.4, -0.2) is 25.4 Å². The minimum absolute atomic E-state index is 0.0856. The quantitative estimate of drug-likeness (QED) is 0.767. The Morgan fingerprint density at radius 3 is 2.62 bits per heavy atom. The number of likely N-dealkylation sites (N-methyl/N-ethyl adjacent to an activating group) is 1. The number of nitrogens with one attached hydrogen (secondary N) is 1. The van der Waals surface area contributed by atoms with E-state index in [4.69, 9.17) is 29.6 Å². The Labute approximate surface area is 163 Å². The number of anilines is 1. The third-order valence-electron chi connectivity index (χ3n) is 3.83. The van der Waals surface area contributed by atoms with Crippen molar-refractivity contribution in [2.24, 2.45) is 0 Å². The molecular weight excluding hydrogens is 371 g/mol. The van der Waals surface area contributed by atoms with Crippen LogP contribution in [0.1, 0.15) is 17.5 Å². The summed E-state index contributed by atoms with van der Waals surface area (Å²) in [5.74, 6) is 2.06. The standard InChI is InChI=1S/C20H18Cl2N2O2/c1-3-14-5-4-6-17(11-14)24(13-19(25)23-2)20(26)10-8-15-7-9-16(21)12-18(15)22/h1,4-7,9,11-12H,8,10,13H2,2H3,(H,23,25). The first-order chi connectivity index (χ1) is 12.4. The molecule has 26 heavy (non-hydrogen) atoms. The second-order valence-electron chi connectivity index (χ2n) is 5.58. The summed E-state index contributed by atoms with van der Waals surface area (Å²) in [6.45, 7) is -0.0856. The molecule has 0 radical (unpaired) electrons. The summed E-state index contributed by atoms with van der Waals surface area (Å²) < 4.78 is 0. The van der Waals surface area contributed by atoms with Gasteiger partial charge in [0.2, 0.25) is 11.8 Å². The molecule has 0 aliphatic carbocycles. The van der Waals surface area contributed by atoms with Gasteiger partial charge in [-0.2, -0.15) is 0 Å². The summed E-state index contributed by atoms with van der Waals surface area (Å²) in [7, 11) is 1.52. The Balaban J connectivity index is 2.19. The monoisotopic (exact) mass is 388 g/mol. The smallest absolute Gasteiger partial charge is 0.239 e. The van der Waals surface area contributed by atoms with Gasteiger partial charge in [-0.25, -0.2) is 0 Å². The molecular formula is C20H18Cl2N2O2. The van der Waals surface area contributed by atoms with Gasteiger partial charge in [0.1, 0.15) is 6.54 Å². The maximum absolute atomic E-state index is 12.8. The molecule has 1 N–H and O–H groups in total. The fourth-order valence-electron chi connectivity index (χ4n) is 2.41. The Kier molecular flexibility index (Phi) is 7.08. The fourth-order valence-corrected chi connectivity index (χ4v) is 2.91. The number of rotatable bonds is 6. The lowest BCUT2D eigenvalue weighted by molar-refractivity contribution is -0.123. The van der Waals surface area contributed by atoms with E-state index in [0.29, 0.717) is 27.7 Å². The molecule has 0 saturated carbocycles. The number of aryl methyl sites for hydroxylation is 1. The molecule has 0 spiro atoms. The van der Waals surface area contributed by atoms with Crippen molar-refractivity contribution in [3.05, 3.63) is 63.6 Å². The Morgan fingerprint density at radius 1 is 1.19 bits per heavy atom. The molecule has 6 heteroatoms. The van der Waals surface area contributed by atoms with E-state index in [1.165, 1.54) is 11.9 Å². The van der Waals surface area contributed by atoms with Crippen LogP contribution in [0, 0.1) is 12.3 Å². The number of carbonyl (C=O) groups excluding carboxylic acids is 2. The van der Waals surface area contributed by atoms with Gasteiger partial charge in [-0.1, -0.05) is 41.3 Å². The highest BCUT2D eigenvalue weighted by atomic mass is 35.5. The summed E-state index contributed by atoms with van der Waals surface area (Å²) >= 11 is 12.1. The van der Waals surface area contributed by atoms with Crippen LogP contribution in [0.3, 0.4) is 0 Å². The van der Waals surface area contributed by atoms with Crippen LogP contribution < -0.4 is 10.2 Å². The lowest BCUT2D eigenvalue weighted by Crippen LogP contribution is -2.40. The maximum atomic E-state index is 12.8. The predicted octanol–water partition coefficient (Wildman–Crippen LogP) is 3.69. The van der Waals surface area contributed by atoms with Crippen molar-refractivity contribution >= 4 is 40.7 Å². The molecule has 0 aliphatic heterocycles. The van der Waals surface area contributed by atoms with E-state index in [1.54, 1.807) is 42.5 Å². The minimum atomic E-state index is -0.269. The zero-order valence-corrected chi connectivity index (χ0v) is 15.8. The Morgan fingerprint density at radius 2 is 1.96 bits per heavy atom. The molecule has 2 aromatic carbocycles. The number of halogens is 2. The number of terminal acetylenes is 1. The van der Waals surface area contributed by atoms with Gasteiger partial charge in [0.05, 0.1) is 0 Å². The summed E-state index contributed by atoms with van der Waals surface area (Å²) in [5.41, 5.74) is 2.04. The topological polar surface area (TPSA) is 49.4 Å². The average molecular weight is 389 g/mol. The van der Waals surface area contributed by atoms with Crippen LogP contribution >= 0.6 is 23.2 Å². The zero-order valence-electron chi connectivity index (χ0n) is 14.3. The van der Waals surface area contributed by atoms with E-state index in [2.05, 4.69) is 11.2 Å². The normalized spacial score (nSPS) is 10.1. The van der Waals surface area contributed by atoms with Crippen molar-refractivity contribution in [2.45, 2.75) is 12.8 Å². The number of nitrogens with zero attached hydrogens (tertiary/aromatic N) is 1. The van der Waals surface area contributed by atoms with E-state index in [-0.39, 0.29) is 24.8 Å². The molecule has 0 heterocycles. The Bertz CT molecular complexity index is 859. The molecule has 0 aliphatic rings. The van der Waals surface area contributed by atoms with Crippen LogP contribution in [0.15, 0.2) is 42.5 Å². The summed E-state index contributed by atoms with van der Waals surface area (Å²) in [4.78, 5) is 26.0. The molecule has 2 aromatic rings. The van der Waals surface area contributed by atoms with Gasteiger partial charge >= 0.3 is 0 Å². The third-order valence-corrected chi connectivity index (χ3v) is 4.42. The zero-order chi connectivity index (χ0) is 19.1. The van der Waals surface area contributed by atoms with Crippen LogP contribution in [-0.2, 0) is 16.0 Å². The number of hydrogen-bond donors (Lipinski definition) is 1. The SMILES string of the molecule is C#Cc1cccc(N(CC(=O)NC)C(=O)CCc2ccc(Cl)cc2Cl)c1. The van der Waals surface area contributed by atoms with Gasteiger partial charge < -0.3 is 10.2 Å². The van der Waals surface area contributed by atoms with Crippen molar-refractivity contribution in [1.82, 2.24) is 5.32 Å². The van der Waals surface area contributed by atoms with Gasteiger partial charge in [0.25, 0.3) is 0 Å². The van der Waals surface area contributed by atoms with Crippen molar-refractivity contribution in [3.63, 3.8) is 0 Å². The van der Waals surface area contributed by atoms with Crippen molar-refractivity contribution < 1.29 is 9.59 Å². The van der Waals surface area contributed by atoms with Crippen LogP contribution in [0.4, 0.5) is 5.69 Å². The molecule has 2 amide bonds. The highest BCUT2D eigenvalue weighted by Gasteiger charge is 2.19. The summed E-state index contributed by atoms with van der Waals surface area (Å²) in [5, 5.41) is 3.58. The van der Waals surface area contributed by atoms with Gasteiger partial charge in [0.15, 0.2) is 0 Å². The number of amides is 2. The molecule has 0 bridgehead atoms. The van der Waals surface area contributed by atoms with Gasteiger partial charge in [0, 0.05) is 34.8 Å². The van der Waals surface area contributed by atoms with Gasteiger partial charge in [-0.05, 0) is 42.3 Å². The van der Waals surface area contributed by atoms with Crippen molar-refractivity contribution in [1.29, 1.82) is 0 Å². The average Bonchev–Trinajstić information content (AvgIpc) is 2.64. The van der Waals surface area contributed by atoms with Crippen LogP contribution in [0.2, 0.25) is 10.0 Å². The lowest BCUT2D eigenvalue weighted by atomic mass is 10.1. The van der Waals surface area contributed by atoms with Gasteiger partial charge in [-0.3, -0.25) is 9.59 Å². The largest absolute Gasteiger partial charge is 0.358 e. The van der Waals surface area contributed by atoms with Crippen molar-refractivity contribution in [3.8, 4) is 12.3 Å². The first-order valence-electron chi connectivity index (χ1n) is 7.96. The van der Waals surface area contributed by atoms with Crippen molar-refractivity contribution in [2.75, 3.05) is 18.5 Å². The molecule has 0 fully saturated rings. The second-order valence-corrected chi connectivity index (χ2v) is 6.43. The molecule has 2 rings (SSSR count). The van der Waals surface area contributed by atoms with Gasteiger partial charge in [-0.15, -0.1) is 6.42 Å². The van der Waals surface area contributed by atoms with E-state index in [0.717, 1.165) is 5.56 Å². The molecule has 0 atom stereocenters. The minimum Gasteiger partial charge on any atom is -0.358 e. The molecule has 134 valence electrons. The maximum Gasteiger partial charge on any atom is 0.239 e. The lowest BCUT2D eigenvalue weighted by Gasteiger charge is -2.22. The van der Waals surface area contributed by atoms with E-state index < -0.39 is 0 Å². The molecule has 0 unspecified atom stereocenters. The predicted molar refractivity (Wildman–Crippen MR) is 106 cm³/mol. The highest BCUT2D eigenvalue weighted by Crippen LogP contribution is 2.23. The molecule has 4 nitrogen and oxygen atoms in total. The second kappa shape index (κ2) is 9.28. The number of benzene rings is 2. The van der Waals surface area contributed by atoms with E-state index in [1.807, 2.05) is 0 Å². The first kappa shape index (κ1) is 19.8. The van der Waals surface area contributed by atoms with Crippen LogP contribution in [0.25, 0.3) is 0 Å². The number of hydrogen-bond acceptors (Lipinski definition) is 2. The molecule has 0 saturated heterocycles. The summed E-state index contributed by atoms with van der Waals surface area (Å²) in [6.07, 6.45) is 6.06. The third kappa shape index (κ3) is 5.26. The molecule has 0 aromatic heterocycles. The first-order valence-corrected chi connectivity index (χ1v) is 8.71. The van der Waals surface area contributed by atoms with Crippen LogP contribution in [0.5, 0.6) is 0 Å².